The Morgan fingerprint density at radius 3 is 3.00 bits per heavy atom. The number of benzene rings is 1. The number of amides is 1. The summed E-state index contributed by atoms with van der Waals surface area (Å²) in [6, 6.07) is 6.76. The predicted octanol–water partition coefficient (Wildman–Crippen LogP) is 0.853. The van der Waals surface area contributed by atoms with Gasteiger partial charge >= 0.3 is 0 Å². The van der Waals surface area contributed by atoms with E-state index in [9.17, 15) is 4.79 Å². The molecule has 1 unspecified atom stereocenters. The van der Waals surface area contributed by atoms with Crippen molar-refractivity contribution in [2.45, 2.75) is 12.8 Å². The minimum absolute atomic E-state index is 0.00134. The van der Waals surface area contributed by atoms with Crippen molar-refractivity contribution in [2.75, 3.05) is 26.7 Å². The highest BCUT2D eigenvalue weighted by Gasteiger charge is 2.18. The van der Waals surface area contributed by atoms with Crippen LogP contribution in [0.25, 0.3) is 0 Å². The zero-order chi connectivity index (χ0) is 15.2. The lowest BCUT2D eigenvalue weighted by Crippen LogP contribution is -2.39. The van der Waals surface area contributed by atoms with Crippen LogP contribution < -0.4 is 11.1 Å². The van der Waals surface area contributed by atoms with Crippen molar-refractivity contribution in [2.24, 2.45) is 16.8 Å². The van der Waals surface area contributed by atoms with Gasteiger partial charge in [0.15, 0.2) is 5.84 Å². The van der Waals surface area contributed by atoms with Gasteiger partial charge in [0.05, 0.1) is 0 Å². The van der Waals surface area contributed by atoms with E-state index in [2.05, 4.69) is 22.4 Å². The number of nitrogens with two attached hydrogens (primary N) is 1. The van der Waals surface area contributed by atoms with Gasteiger partial charge in [-0.05, 0) is 44.5 Å². The number of rotatable bonds is 4. The van der Waals surface area contributed by atoms with E-state index in [0.717, 1.165) is 19.5 Å². The largest absolute Gasteiger partial charge is 0.409 e. The fourth-order valence-corrected chi connectivity index (χ4v) is 2.66. The summed E-state index contributed by atoms with van der Waals surface area (Å²) in [4.78, 5) is 14.5. The highest BCUT2D eigenvalue weighted by molar-refractivity contribution is 6.01. The van der Waals surface area contributed by atoms with Gasteiger partial charge in [-0.2, -0.15) is 0 Å². The molecule has 6 heteroatoms. The van der Waals surface area contributed by atoms with Crippen molar-refractivity contribution < 1.29 is 10.0 Å². The second-order valence-electron chi connectivity index (χ2n) is 5.55. The molecule has 0 saturated carbocycles. The molecule has 1 aromatic carbocycles. The quantitative estimate of drug-likeness (QED) is 0.332. The molecule has 1 aliphatic rings. The average molecular weight is 290 g/mol. The lowest BCUT2D eigenvalue weighted by atomic mass is 9.98. The van der Waals surface area contributed by atoms with Gasteiger partial charge in [0, 0.05) is 24.2 Å². The molecule has 1 heterocycles. The van der Waals surface area contributed by atoms with Crippen molar-refractivity contribution >= 4 is 11.7 Å². The monoisotopic (exact) mass is 290 g/mol. The molecular formula is C15H22N4O2. The standard InChI is InChI=1S/C15H22N4O2/c1-19-7-3-4-11(10-19)9-17-15(20)13-6-2-5-12(8-13)14(16)18-21/h2,5-6,8,11,21H,3-4,7,9-10H2,1H3,(H2,16,18)(H,17,20). The van der Waals surface area contributed by atoms with Gasteiger partial charge in [0.2, 0.25) is 0 Å². The number of nitrogens with one attached hydrogen (secondary N) is 1. The van der Waals surface area contributed by atoms with Crippen molar-refractivity contribution in [3.8, 4) is 0 Å². The molecule has 1 atom stereocenters. The van der Waals surface area contributed by atoms with E-state index in [4.69, 9.17) is 10.9 Å². The van der Waals surface area contributed by atoms with Crippen molar-refractivity contribution in [1.29, 1.82) is 0 Å². The number of likely N-dealkylation sites (tertiary alicyclic amines) is 1. The van der Waals surface area contributed by atoms with Crippen molar-refractivity contribution in [3.63, 3.8) is 0 Å². The minimum atomic E-state index is -0.129. The van der Waals surface area contributed by atoms with Crippen LogP contribution in [0.5, 0.6) is 0 Å². The summed E-state index contributed by atoms with van der Waals surface area (Å²) in [6.45, 7) is 2.83. The first-order valence-electron chi connectivity index (χ1n) is 7.15. The second kappa shape index (κ2) is 7.08. The summed E-state index contributed by atoms with van der Waals surface area (Å²) in [7, 11) is 2.11. The number of piperidine rings is 1. The van der Waals surface area contributed by atoms with Crippen LogP contribution in [0.4, 0.5) is 0 Å². The van der Waals surface area contributed by atoms with Crippen LogP contribution in [0, 0.1) is 5.92 Å². The molecule has 0 radical (unpaired) electrons. The summed E-state index contributed by atoms with van der Waals surface area (Å²) in [5, 5.41) is 14.6. The maximum Gasteiger partial charge on any atom is 0.251 e. The van der Waals surface area contributed by atoms with Gasteiger partial charge in [-0.3, -0.25) is 4.79 Å². The Labute approximate surface area is 124 Å². The topological polar surface area (TPSA) is 91.0 Å². The lowest BCUT2D eigenvalue weighted by Gasteiger charge is -2.29. The first-order chi connectivity index (χ1) is 10.1. The van der Waals surface area contributed by atoms with Crippen LogP contribution in [0.15, 0.2) is 29.4 Å². The average Bonchev–Trinajstić information content (AvgIpc) is 2.52. The van der Waals surface area contributed by atoms with E-state index < -0.39 is 0 Å². The van der Waals surface area contributed by atoms with Crippen molar-refractivity contribution in [3.05, 3.63) is 35.4 Å². The fourth-order valence-electron chi connectivity index (χ4n) is 2.66. The molecule has 21 heavy (non-hydrogen) atoms. The molecule has 0 aromatic heterocycles. The zero-order valence-electron chi connectivity index (χ0n) is 12.2. The molecule has 4 N–H and O–H groups in total. The summed E-state index contributed by atoms with van der Waals surface area (Å²) < 4.78 is 0. The first kappa shape index (κ1) is 15.3. The molecule has 6 nitrogen and oxygen atoms in total. The molecule has 1 aliphatic heterocycles. The summed E-state index contributed by atoms with van der Waals surface area (Å²) in [5.41, 5.74) is 6.58. The van der Waals surface area contributed by atoms with Gasteiger partial charge in [0.1, 0.15) is 0 Å². The molecule has 1 fully saturated rings. The fraction of sp³-hybridized carbons (Fsp3) is 0.467. The Morgan fingerprint density at radius 1 is 1.52 bits per heavy atom. The van der Waals surface area contributed by atoms with Crippen LogP contribution in [0.1, 0.15) is 28.8 Å². The van der Waals surface area contributed by atoms with Gasteiger partial charge in [-0.15, -0.1) is 0 Å². The minimum Gasteiger partial charge on any atom is -0.409 e. The summed E-state index contributed by atoms with van der Waals surface area (Å²) in [5.74, 6) is 0.370. The van der Waals surface area contributed by atoms with E-state index in [1.54, 1.807) is 24.3 Å². The van der Waals surface area contributed by atoms with Gasteiger partial charge < -0.3 is 21.2 Å². The van der Waals surface area contributed by atoms with E-state index in [0.29, 0.717) is 23.6 Å². The molecule has 0 aliphatic carbocycles. The Bertz CT molecular complexity index is 530. The third kappa shape index (κ3) is 4.19. The number of hydrogen-bond acceptors (Lipinski definition) is 4. The summed E-state index contributed by atoms with van der Waals surface area (Å²) >= 11 is 0. The molecule has 114 valence electrons. The number of hydrogen-bond donors (Lipinski definition) is 3. The Kier molecular flexibility index (Phi) is 5.16. The SMILES string of the molecule is CN1CCCC(CNC(=O)c2cccc(C(N)=NO)c2)C1. The molecule has 1 amide bonds. The van der Waals surface area contributed by atoms with E-state index in [1.807, 2.05) is 0 Å². The van der Waals surface area contributed by atoms with Crippen LogP contribution >= 0.6 is 0 Å². The number of amidine groups is 1. The van der Waals surface area contributed by atoms with Crippen molar-refractivity contribution in [1.82, 2.24) is 10.2 Å². The third-order valence-electron chi connectivity index (χ3n) is 3.80. The van der Waals surface area contributed by atoms with E-state index >= 15 is 0 Å². The van der Waals surface area contributed by atoms with E-state index in [1.165, 1.54) is 6.42 Å². The Morgan fingerprint density at radius 2 is 2.29 bits per heavy atom. The van der Waals surface area contributed by atoms with Crippen LogP contribution in [0.2, 0.25) is 0 Å². The molecule has 1 saturated heterocycles. The smallest absolute Gasteiger partial charge is 0.251 e. The molecular weight excluding hydrogens is 268 g/mol. The first-order valence-corrected chi connectivity index (χ1v) is 7.15. The van der Waals surface area contributed by atoms with Gasteiger partial charge in [-0.1, -0.05) is 17.3 Å². The number of oxime groups is 1. The van der Waals surface area contributed by atoms with Gasteiger partial charge in [0.25, 0.3) is 5.91 Å². The lowest BCUT2D eigenvalue weighted by molar-refractivity contribution is 0.0937. The Balaban J connectivity index is 1.94. The number of nitrogens with zero attached hydrogens (tertiary/aromatic N) is 2. The summed E-state index contributed by atoms with van der Waals surface area (Å²) in [6.07, 6.45) is 2.32. The second-order valence-corrected chi connectivity index (χ2v) is 5.55. The van der Waals surface area contributed by atoms with Crippen LogP contribution in [-0.4, -0.2) is 48.5 Å². The number of carbonyl (C=O) groups excluding carboxylic acids is 1. The predicted molar refractivity (Wildman–Crippen MR) is 81.5 cm³/mol. The molecule has 2 rings (SSSR count). The van der Waals surface area contributed by atoms with Crippen LogP contribution in [0.3, 0.4) is 0 Å². The maximum absolute atomic E-state index is 12.2. The maximum atomic E-state index is 12.2. The molecule has 0 bridgehead atoms. The van der Waals surface area contributed by atoms with Crippen LogP contribution in [-0.2, 0) is 0 Å². The van der Waals surface area contributed by atoms with Gasteiger partial charge in [-0.25, -0.2) is 0 Å². The van der Waals surface area contributed by atoms with E-state index in [-0.39, 0.29) is 11.7 Å². The zero-order valence-corrected chi connectivity index (χ0v) is 12.2. The highest BCUT2D eigenvalue weighted by Crippen LogP contribution is 2.14. The third-order valence-corrected chi connectivity index (χ3v) is 3.80. The normalized spacial score (nSPS) is 20.2. The molecule has 0 spiro atoms. The highest BCUT2D eigenvalue weighted by atomic mass is 16.4. The Hall–Kier alpha value is -2.08. The molecule has 1 aromatic rings. The number of carbonyl (C=O) groups is 1.